The molecule has 148 valence electrons. The van der Waals surface area contributed by atoms with Gasteiger partial charge in [0.15, 0.2) is 0 Å². The second-order valence-electron chi connectivity index (χ2n) is 7.08. The highest BCUT2D eigenvalue weighted by molar-refractivity contribution is 7.83. The molecule has 29 heavy (non-hydrogen) atoms. The van der Waals surface area contributed by atoms with Crippen LogP contribution in [0.5, 0.6) is 0 Å². The van der Waals surface area contributed by atoms with Gasteiger partial charge in [0.25, 0.3) is 0 Å². The standard InChI is InChI=1S/C21H20N4O2S2/c22-21-20-19(23-12-24-21)17(11-28-20)18-8-6-15(27-18)10-25-29(26)16-7-5-13-3-1-2-4-14(13)9-16/h1-5,7,9,11-12,15,18,25H,6,8,10H2,(H2,22,23,24). The van der Waals surface area contributed by atoms with Crippen molar-refractivity contribution in [3.8, 4) is 0 Å². The fourth-order valence-electron chi connectivity index (χ4n) is 3.74. The first-order valence-electron chi connectivity index (χ1n) is 9.46. The SMILES string of the molecule is Nc1ncnc2c(C3CCC(CNS(=O)c4ccc5ccccc5c4)O3)csc12. The van der Waals surface area contributed by atoms with Crippen molar-refractivity contribution >= 4 is 49.1 Å². The van der Waals surface area contributed by atoms with Gasteiger partial charge in [0.2, 0.25) is 0 Å². The summed E-state index contributed by atoms with van der Waals surface area (Å²) < 4.78 is 22.9. The van der Waals surface area contributed by atoms with E-state index >= 15 is 0 Å². The molecule has 6 nitrogen and oxygen atoms in total. The average Bonchev–Trinajstić information content (AvgIpc) is 3.39. The summed E-state index contributed by atoms with van der Waals surface area (Å²) >= 11 is 1.55. The number of nitrogens with one attached hydrogen (secondary N) is 1. The summed E-state index contributed by atoms with van der Waals surface area (Å²) in [7, 11) is -1.27. The predicted molar refractivity (Wildman–Crippen MR) is 117 cm³/mol. The minimum absolute atomic E-state index is 0.0125. The zero-order valence-electron chi connectivity index (χ0n) is 15.6. The first-order chi connectivity index (χ1) is 14.2. The molecule has 0 amide bonds. The first-order valence-corrected chi connectivity index (χ1v) is 11.5. The van der Waals surface area contributed by atoms with Gasteiger partial charge in [0.1, 0.15) is 23.1 Å². The highest BCUT2D eigenvalue weighted by Gasteiger charge is 2.29. The molecule has 1 saturated heterocycles. The number of nitrogens with two attached hydrogens (primary N) is 1. The zero-order chi connectivity index (χ0) is 19.8. The Balaban J connectivity index is 1.24. The Hall–Kier alpha value is -2.39. The molecule has 3 heterocycles. The fraction of sp³-hybridized carbons (Fsp3) is 0.238. The van der Waals surface area contributed by atoms with Gasteiger partial charge in [-0.15, -0.1) is 11.3 Å². The van der Waals surface area contributed by atoms with E-state index in [-0.39, 0.29) is 12.2 Å². The van der Waals surface area contributed by atoms with Gasteiger partial charge in [-0.05, 0) is 41.1 Å². The van der Waals surface area contributed by atoms with Crippen LogP contribution < -0.4 is 10.5 Å². The highest BCUT2D eigenvalue weighted by Crippen LogP contribution is 2.39. The zero-order valence-corrected chi connectivity index (χ0v) is 17.2. The van der Waals surface area contributed by atoms with Crippen molar-refractivity contribution in [3.05, 3.63) is 59.7 Å². The quantitative estimate of drug-likeness (QED) is 0.506. The molecular formula is C21H20N4O2S2. The summed E-state index contributed by atoms with van der Waals surface area (Å²) in [6.45, 7) is 0.537. The number of fused-ring (bicyclic) bond motifs is 2. The van der Waals surface area contributed by atoms with Gasteiger partial charge in [-0.25, -0.2) is 18.9 Å². The Morgan fingerprint density at radius 2 is 2.03 bits per heavy atom. The molecule has 0 radical (unpaired) electrons. The highest BCUT2D eigenvalue weighted by atomic mass is 32.2. The molecule has 0 spiro atoms. The van der Waals surface area contributed by atoms with Gasteiger partial charge < -0.3 is 10.5 Å². The molecular weight excluding hydrogens is 404 g/mol. The third-order valence-electron chi connectivity index (χ3n) is 5.24. The van der Waals surface area contributed by atoms with E-state index in [1.54, 1.807) is 11.3 Å². The second kappa shape index (κ2) is 7.79. The fourth-order valence-corrected chi connectivity index (χ4v) is 5.63. The van der Waals surface area contributed by atoms with Crippen molar-refractivity contribution < 1.29 is 8.95 Å². The topological polar surface area (TPSA) is 90.1 Å². The van der Waals surface area contributed by atoms with Crippen LogP contribution >= 0.6 is 11.3 Å². The molecule has 5 rings (SSSR count). The van der Waals surface area contributed by atoms with E-state index in [4.69, 9.17) is 10.5 Å². The molecule has 2 aromatic carbocycles. The third-order valence-corrected chi connectivity index (χ3v) is 7.36. The van der Waals surface area contributed by atoms with E-state index < -0.39 is 11.0 Å². The maximum atomic E-state index is 12.7. The van der Waals surface area contributed by atoms with Crippen molar-refractivity contribution in [2.45, 2.75) is 29.9 Å². The predicted octanol–water partition coefficient (Wildman–Crippen LogP) is 3.96. The van der Waals surface area contributed by atoms with Crippen LogP contribution in [0.2, 0.25) is 0 Å². The van der Waals surface area contributed by atoms with Gasteiger partial charge in [0.05, 0.1) is 27.3 Å². The summed E-state index contributed by atoms with van der Waals surface area (Å²) in [5, 5.41) is 4.29. The lowest BCUT2D eigenvalue weighted by molar-refractivity contribution is 0.0489. The molecule has 3 unspecified atom stereocenters. The lowest BCUT2D eigenvalue weighted by Crippen LogP contribution is -2.28. The largest absolute Gasteiger partial charge is 0.382 e. The number of rotatable bonds is 5. The molecule has 0 bridgehead atoms. The lowest BCUT2D eigenvalue weighted by Gasteiger charge is -2.14. The number of hydrogen-bond donors (Lipinski definition) is 2. The molecule has 3 N–H and O–H groups in total. The lowest BCUT2D eigenvalue weighted by atomic mass is 10.1. The molecule has 3 atom stereocenters. The van der Waals surface area contributed by atoms with E-state index in [1.165, 1.54) is 6.33 Å². The summed E-state index contributed by atoms with van der Waals surface area (Å²) in [5.74, 6) is 0.508. The van der Waals surface area contributed by atoms with Crippen LogP contribution in [0.4, 0.5) is 5.82 Å². The van der Waals surface area contributed by atoms with E-state index in [0.717, 1.165) is 44.3 Å². The summed E-state index contributed by atoms with van der Waals surface area (Å²) in [6.07, 6.45) is 3.31. The molecule has 1 aliphatic heterocycles. The number of thiophene rings is 1. The minimum atomic E-state index is -1.27. The van der Waals surface area contributed by atoms with Gasteiger partial charge in [-0.3, -0.25) is 0 Å². The third kappa shape index (κ3) is 3.64. The van der Waals surface area contributed by atoms with Gasteiger partial charge in [-0.1, -0.05) is 30.3 Å². The number of benzene rings is 2. The number of nitrogen functional groups attached to an aromatic ring is 1. The monoisotopic (exact) mass is 424 g/mol. The van der Waals surface area contributed by atoms with E-state index in [2.05, 4.69) is 26.1 Å². The van der Waals surface area contributed by atoms with Crippen molar-refractivity contribution in [3.63, 3.8) is 0 Å². The van der Waals surface area contributed by atoms with Crippen LogP contribution in [0.3, 0.4) is 0 Å². The number of anilines is 1. The normalized spacial score (nSPS) is 20.4. The Morgan fingerprint density at radius 3 is 2.93 bits per heavy atom. The molecule has 4 aromatic rings. The minimum Gasteiger partial charge on any atom is -0.382 e. The maximum Gasteiger partial charge on any atom is 0.144 e. The van der Waals surface area contributed by atoms with E-state index in [1.807, 2.05) is 36.4 Å². The molecule has 0 aliphatic carbocycles. The van der Waals surface area contributed by atoms with Crippen LogP contribution in [-0.4, -0.2) is 26.8 Å². The molecule has 2 aromatic heterocycles. The average molecular weight is 425 g/mol. The maximum absolute atomic E-state index is 12.7. The van der Waals surface area contributed by atoms with Crippen LogP contribution in [0.1, 0.15) is 24.5 Å². The van der Waals surface area contributed by atoms with Gasteiger partial charge >= 0.3 is 0 Å². The Kier molecular flexibility index (Phi) is 5.01. The summed E-state index contributed by atoms with van der Waals surface area (Å²) in [6, 6.07) is 14.0. The Morgan fingerprint density at radius 1 is 1.17 bits per heavy atom. The smallest absolute Gasteiger partial charge is 0.144 e. The Labute approximate surface area is 174 Å². The van der Waals surface area contributed by atoms with Crippen LogP contribution in [0.15, 0.2) is 59.1 Å². The molecule has 1 fully saturated rings. The van der Waals surface area contributed by atoms with E-state index in [9.17, 15) is 4.21 Å². The number of nitrogens with zero attached hydrogens (tertiary/aromatic N) is 2. The van der Waals surface area contributed by atoms with Crippen molar-refractivity contribution in [1.29, 1.82) is 0 Å². The molecule has 1 aliphatic rings. The number of ether oxygens (including phenoxy) is 1. The van der Waals surface area contributed by atoms with E-state index in [0.29, 0.717) is 12.4 Å². The summed E-state index contributed by atoms with van der Waals surface area (Å²) in [5.41, 5.74) is 7.88. The number of hydrogen-bond acceptors (Lipinski definition) is 6. The summed E-state index contributed by atoms with van der Waals surface area (Å²) in [4.78, 5) is 9.21. The number of aromatic nitrogens is 2. The molecule has 8 heteroatoms. The second-order valence-corrected chi connectivity index (χ2v) is 9.26. The van der Waals surface area contributed by atoms with Crippen molar-refractivity contribution in [1.82, 2.24) is 14.7 Å². The van der Waals surface area contributed by atoms with Gasteiger partial charge in [-0.2, -0.15) is 0 Å². The van der Waals surface area contributed by atoms with Crippen LogP contribution in [0, 0.1) is 0 Å². The Bertz CT molecular complexity index is 1210. The first kappa shape index (κ1) is 18.6. The van der Waals surface area contributed by atoms with Crippen LogP contribution in [-0.2, 0) is 15.7 Å². The molecule has 0 saturated carbocycles. The van der Waals surface area contributed by atoms with Crippen molar-refractivity contribution in [2.24, 2.45) is 0 Å². The van der Waals surface area contributed by atoms with Crippen LogP contribution in [0.25, 0.3) is 21.0 Å². The van der Waals surface area contributed by atoms with Crippen molar-refractivity contribution in [2.75, 3.05) is 12.3 Å². The van der Waals surface area contributed by atoms with Gasteiger partial charge in [0, 0.05) is 12.1 Å².